The molecule has 1 aromatic carbocycles. The highest BCUT2D eigenvalue weighted by molar-refractivity contribution is 5.48. The van der Waals surface area contributed by atoms with Crippen molar-refractivity contribution < 1.29 is 9.13 Å². The van der Waals surface area contributed by atoms with Gasteiger partial charge in [-0.3, -0.25) is 0 Å². The van der Waals surface area contributed by atoms with Crippen molar-refractivity contribution in [2.45, 2.75) is 19.4 Å². The molecule has 1 saturated carbocycles. The van der Waals surface area contributed by atoms with Gasteiger partial charge in [0.25, 0.3) is 0 Å². The fourth-order valence-corrected chi connectivity index (χ4v) is 2.03. The Morgan fingerprint density at radius 2 is 2.16 bits per heavy atom. The van der Waals surface area contributed by atoms with Crippen molar-refractivity contribution in [2.24, 2.45) is 5.92 Å². The molecule has 3 nitrogen and oxygen atoms in total. The standard InChI is InChI=1S/C15H23FN2O/c1-17-10-13-7-14(16)9-15(8-13)18(2)5-6-19-11-12-3-4-12/h7-9,12,17H,3-6,10-11H2,1-2H3. The average Bonchev–Trinajstić information content (AvgIpc) is 3.18. The maximum absolute atomic E-state index is 13.5. The van der Waals surface area contributed by atoms with Gasteiger partial charge in [-0.2, -0.15) is 0 Å². The molecule has 0 radical (unpaired) electrons. The van der Waals surface area contributed by atoms with E-state index in [0.717, 1.165) is 30.3 Å². The van der Waals surface area contributed by atoms with Crippen LogP contribution in [0.4, 0.5) is 10.1 Å². The van der Waals surface area contributed by atoms with Gasteiger partial charge in [0.1, 0.15) is 5.82 Å². The molecule has 1 aliphatic rings. The number of hydrogen-bond acceptors (Lipinski definition) is 3. The van der Waals surface area contributed by atoms with E-state index in [1.54, 1.807) is 12.1 Å². The molecular weight excluding hydrogens is 243 g/mol. The lowest BCUT2D eigenvalue weighted by Crippen LogP contribution is -2.23. The number of rotatable bonds is 8. The number of anilines is 1. The van der Waals surface area contributed by atoms with Crippen LogP contribution in [0.5, 0.6) is 0 Å². The highest BCUT2D eigenvalue weighted by Crippen LogP contribution is 2.28. The Labute approximate surface area is 114 Å². The average molecular weight is 266 g/mol. The molecule has 0 bridgehead atoms. The van der Waals surface area contributed by atoms with Crippen molar-refractivity contribution in [2.75, 3.05) is 38.8 Å². The zero-order valence-electron chi connectivity index (χ0n) is 11.8. The molecule has 0 spiro atoms. The van der Waals surface area contributed by atoms with Gasteiger partial charge in [0.05, 0.1) is 6.61 Å². The molecule has 2 rings (SSSR count). The minimum Gasteiger partial charge on any atom is -0.379 e. The quantitative estimate of drug-likeness (QED) is 0.731. The van der Waals surface area contributed by atoms with Gasteiger partial charge in [0.2, 0.25) is 0 Å². The van der Waals surface area contributed by atoms with E-state index in [4.69, 9.17) is 4.74 Å². The number of halogens is 1. The van der Waals surface area contributed by atoms with Crippen molar-refractivity contribution in [1.82, 2.24) is 5.32 Å². The molecular formula is C15H23FN2O. The summed E-state index contributed by atoms with van der Waals surface area (Å²) in [5.41, 5.74) is 1.86. The van der Waals surface area contributed by atoms with Gasteiger partial charge in [-0.25, -0.2) is 4.39 Å². The monoisotopic (exact) mass is 266 g/mol. The topological polar surface area (TPSA) is 24.5 Å². The van der Waals surface area contributed by atoms with Crippen molar-refractivity contribution >= 4 is 5.69 Å². The zero-order chi connectivity index (χ0) is 13.7. The lowest BCUT2D eigenvalue weighted by Gasteiger charge is -2.20. The lowest BCUT2D eigenvalue weighted by molar-refractivity contribution is 0.131. The molecule has 0 heterocycles. The highest BCUT2D eigenvalue weighted by Gasteiger charge is 2.20. The Morgan fingerprint density at radius 1 is 1.37 bits per heavy atom. The summed E-state index contributed by atoms with van der Waals surface area (Å²) in [6, 6.07) is 5.15. The first kappa shape index (κ1) is 14.3. The third-order valence-electron chi connectivity index (χ3n) is 3.39. The molecule has 0 atom stereocenters. The predicted molar refractivity (Wildman–Crippen MR) is 76.0 cm³/mol. The van der Waals surface area contributed by atoms with E-state index < -0.39 is 0 Å². The summed E-state index contributed by atoms with van der Waals surface area (Å²) < 4.78 is 19.1. The molecule has 1 N–H and O–H groups in total. The van der Waals surface area contributed by atoms with Gasteiger partial charge < -0.3 is 15.0 Å². The van der Waals surface area contributed by atoms with Gasteiger partial charge in [-0.15, -0.1) is 0 Å². The minimum atomic E-state index is -0.187. The van der Waals surface area contributed by atoms with E-state index in [1.165, 1.54) is 12.8 Å². The fraction of sp³-hybridized carbons (Fsp3) is 0.600. The summed E-state index contributed by atoms with van der Waals surface area (Å²) in [7, 11) is 3.83. The second-order valence-corrected chi connectivity index (χ2v) is 5.29. The van der Waals surface area contributed by atoms with Crippen LogP contribution in [0.2, 0.25) is 0 Å². The Morgan fingerprint density at radius 3 is 2.84 bits per heavy atom. The van der Waals surface area contributed by atoms with Crippen LogP contribution in [-0.4, -0.2) is 33.9 Å². The van der Waals surface area contributed by atoms with Crippen LogP contribution in [0, 0.1) is 11.7 Å². The van der Waals surface area contributed by atoms with Crippen LogP contribution >= 0.6 is 0 Å². The molecule has 0 saturated heterocycles. The fourth-order valence-electron chi connectivity index (χ4n) is 2.03. The molecule has 0 unspecified atom stereocenters. The van der Waals surface area contributed by atoms with E-state index in [9.17, 15) is 4.39 Å². The largest absolute Gasteiger partial charge is 0.379 e. The molecule has 4 heteroatoms. The Bertz CT molecular complexity index is 407. The Hall–Kier alpha value is -1.13. The molecule has 0 amide bonds. The highest BCUT2D eigenvalue weighted by atomic mass is 19.1. The molecule has 106 valence electrons. The molecule has 1 aliphatic carbocycles. The third kappa shape index (κ3) is 4.80. The normalized spacial score (nSPS) is 14.7. The van der Waals surface area contributed by atoms with Gasteiger partial charge in [-0.05, 0) is 49.6 Å². The van der Waals surface area contributed by atoms with Gasteiger partial charge in [0.15, 0.2) is 0 Å². The van der Waals surface area contributed by atoms with Gasteiger partial charge in [-0.1, -0.05) is 0 Å². The molecule has 19 heavy (non-hydrogen) atoms. The van der Waals surface area contributed by atoms with Crippen LogP contribution in [-0.2, 0) is 11.3 Å². The van der Waals surface area contributed by atoms with E-state index in [1.807, 2.05) is 25.1 Å². The Kier molecular flexibility index (Phi) is 5.16. The van der Waals surface area contributed by atoms with Crippen LogP contribution in [0.3, 0.4) is 0 Å². The minimum absolute atomic E-state index is 0.187. The van der Waals surface area contributed by atoms with Crippen molar-refractivity contribution in [3.63, 3.8) is 0 Å². The van der Waals surface area contributed by atoms with Crippen LogP contribution in [0.15, 0.2) is 18.2 Å². The van der Waals surface area contributed by atoms with Crippen molar-refractivity contribution in [3.05, 3.63) is 29.6 Å². The summed E-state index contributed by atoms with van der Waals surface area (Å²) in [5.74, 6) is 0.607. The third-order valence-corrected chi connectivity index (χ3v) is 3.39. The van der Waals surface area contributed by atoms with E-state index in [2.05, 4.69) is 5.32 Å². The number of nitrogens with one attached hydrogen (secondary N) is 1. The number of nitrogens with zero attached hydrogens (tertiary/aromatic N) is 1. The van der Waals surface area contributed by atoms with Crippen molar-refractivity contribution in [1.29, 1.82) is 0 Å². The number of hydrogen-bond donors (Lipinski definition) is 1. The van der Waals surface area contributed by atoms with Crippen molar-refractivity contribution in [3.8, 4) is 0 Å². The lowest BCUT2D eigenvalue weighted by atomic mass is 10.2. The Balaban J connectivity index is 1.83. The second kappa shape index (κ2) is 6.87. The summed E-state index contributed by atoms with van der Waals surface area (Å²) in [6.45, 7) is 3.04. The van der Waals surface area contributed by atoms with Crippen LogP contribution < -0.4 is 10.2 Å². The molecule has 0 aliphatic heterocycles. The van der Waals surface area contributed by atoms with Gasteiger partial charge in [0, 0.05) is 32.4 Å². The smallest absolute Gasteiger partial charge is 0.125 e. The molecule has 1 fully saturated rings. The first-order chi connectivity index (χ1) is 9.19. The maximum atomic E-state index is 13.5. The summed E-state index contributed by atoms with van der Waals surface area (Å²) >= 11 is 0. The zero-order valence-corrected chi connectivity index (χ0v) is 11.8. The number of likely N-dealkylation sites (N-methyl/N-ethyl adjacent to an activating group) is 1. The van der Waals surface area contributed by atoms with Crippen LogP contribution in [0.1, 0.15) is 18.4 Å². The SMILES string of the molecule is CNCc1cc(F)cc(N(C)CCOCC2CC2)c1. The second-order valence-electron chi connectivity index (χ2n) is 5.29. The summed E-state index contributed by atoms with van der Waals surface area (Å²) in [6.07, 6.45) is 2.63. The summed E-state index contributed by atoms with van der Waals surface area (Å²) in [4.78, 5) is 2.04. The molecule has 0 aromatic heterocycles. The van der Waals surface area contributed by atoms with E-state index in [0.29, 0.717) is 13.2 Å². The first-order valence-electron chi connectivity index (χ1n) is 6.92. The maximum Gasteiger partial charge on any atom is 0.125 e. The van der Waals surface area contributed by atoms with E-state index in [-0.39, 0.29) is 5.82 Å². The van der Waals surface area contributed by atoms with Gasteiger partial charge >= 0.3 is 0 Å². The number of benzene rings is 1. The van der Waals surface area contributed by atoms with E-state index >= 15 is 0 Å². The first-order valence-corrected chi connectivity index (χ1v) is 6.92. The number of ether oxygens (including phenoxy) is 1. The summed E-state index contributed by atoms with van der Waals surface area (Å²) in [5, 5.41) is 3.04. The predicted octanol–water partition coefficient (Wildman–Crippen LogP) is 2.41. The molecule has 1 aromatic rings. The van der Waals surface area contributed by atoms with Crippen LogP contribution in [0.25, 0.3) is 0 Å².